The Kier molecular flexibility index (Phi) is 3.76. The van der Waals surface area contributed by atoms with Crippen LogP contribution < -0.4 is 5.32 Å². The molecule has 0 aliphatic heterocycles. The van der Waals surface area contributed by atoms with E-state index in [9.17, 15) is 0 Å². The molecule has 6 heteroatoms. The van der Waals surface area contributed by atoms with E-state index in [1.807, 2.05) is 18.7 Å². The van der Waals surface area contributed by atoms with E-state index < -0.39 is 0 Å². The maximum atomic E-state index is 4.45. The molecule has 2 aromatic rings. The van der Waals surface area contributed by atoms with Crippen LogP contribution in [0.2, 0.25) is 0 Å². The second kappa shape index (κ2) is 5.30. The zero-order chi connectivity index (χ0) is 13.1. The Morgan fingerprint density at radius 2 is 2.17 bits per heavy atom. The van der Waals surface area contributed by atoms with Gasteiger partial charge in [0.25, 0.3) is 0 Å². The number of hydrogen-bond donors (Lipinski definition) is 1. The van der Waals surface area contributed by atoms with Gasteiger partial charge in [0.2, 0.25) is 0 Å². The number of rotatable bonds is 5. The van der Waals surface area contributed by atoms with Crippen LogP contribution in [0.3, 0.4) is 0 Å². The average molecular weight is 248 g/mol. The monoisotopic (exact) mass is 248 g/mol. The molecule has 0 amide bonds. The Labute approximate surface area is 107 Å². The zero-order valence-electron chi connectivity index (χ0n) is 11.4. The Morgan fingerprint density at radius 1 is 1.39 bits per heavy atom. The fourth-order valence-electron chi connectivity index (χ4n) is 1.99. The van der Waals surface area contributed by atoms with E-state index in [0.717, 1.165) is 24.6 Å². The van der Waals surface area contributed by atoms with Gasteiger partial charge in [0.1, 0.15) is 12.7 Å². The highest BCUT2D eigenvalue weighted by atomic mass is 15.4. The van der Waals surface area contributed by atoms with Crippen LogP contribution in [0.4, 0.5) is 0 Å². The quantitative estimate of drug-likeness (QED) is 0.859. The first-order chi connectivity index (χ1) is 8.59. The van der Waals surface area contributed by atoms with Crippen molar-refractivity contribution in [1.29, 1.82) is 0 Å². The molecule has 0 aromatic carbocycles. The molecule has 0 saturated carbocycles. The molecule has 2 rings (SSSR count). The average Bonchev–Trinajstić information content (AvgIpc) is 2.87. The fraction of sp³-hybridized carbons (Fsp3) is 0.583. The lowest BCUT2D eigenvalue weighted by atomic mass is 10.2. The van der Waals surface area contributed by atoms with Gasteiger partial charge < -0.3 is 5.32 Å². The van der Waals surface area contributed by atoms with Crippen molar-refractivity contribution in [1.82, 2.24) is 29.9 Å². The molecule has 0 unspecified atom stereocenters. The lowest BCUT2D eigenvalue weighted by molar-refractivity contribution is 0.550. The first kappa shape index (κ1) is 12.8. The molecule has 2 aromatic heterocycles. The van der Waals surface area contributed by atoms with Gasteiger partial charge in [-0.05, 0) is 19.4 Å². The van der Waals surface area contributed by atoms with E-state index in [1.54, 1.807) is 11.0 Å². The van der Waals surface area contributed by atoms with Crippen molar-refractivity contribution >= 4 is 0 Å². The molecule has 0 saturated heterocycles. The topological polar surface area (TPSA) is 60.6 Å². The summed E-state index contributed by atoms with van der Waals surface area (Å²) in [4.78, 5) is 3.99. The predicted octanol–water partition coefficient (Wildman–Crippen LogP) is 1.05. The highest BCUT2D eigenvalue weighted by molar-refractivity contribution is 5.36. The smallest absolute Gasteiger partial charge is 0.158 e. The summed E-state index contributed by atoms with van der Waals surface area (Å²) in [6, 6.07) is 0. The molecule has 0 aliphatic carbocycles. The second-order valence-electron chi connectivity index (χ2n) is 4.88. The third-order valence-electron chi connectivity index (χ3n) is 2.80. The number of nitrogens with one attached hydrogen (secondary N) is 1. The third kappa shape index (κ3) is 2.59. The van der Waals surface area contributed by atoms with Gasteiger partial charge in [-0.15, -0.1) is 0 Å². The van der Waals surface area contributed by atoms with Gasteiger partial charge in [-0.2, -0.15) is 10.2 Å². The number of nitrogens with zero attached hydrogens (tertiary/aromatic N) is 5. The summed E-state index contributed by atoms with van der Waals surface area (Å²) in [7, 11) is 1.93. The van der Waals surface area contributed by atoms with Crippen LogP contribution in [0.25, 0.3) is 5.82 Å². The summed E-state index contributed by atoms with van der Waals surface area (Å²) in [6.45, 7) is 8.20. The summed E-state index contributed by atoms with van der Waals surface area (Å²) < 4.78 is 3.60. The van der Waals surface area contributed by atoms with Crippen LogP contribution in [0.5, 0.6) is 0 Å². The normalized spacial score (nSPS) is 11.4. The van der Waals surface area contributed by atoms with E-state index in [1.165, 1.54) is 11.9 Å². The first-order valence-electron chi connectivity index (χ1n) is 6.17. The number of hydrogen-bond acceptors (Lipinski definition) is 4. The molecular formula is C12H20N6. The maximum absolute atomic E-state index is 4.45. The third-order valence-corrected chi connectivity index (χ3v) is 2.80. The summed E-state index contributed by atoms with van der Waals surface area (Å²) in [5.74, 6) is 1.61. The van der Waals surface area contributed by atoms with Crippen molar-refractivity contribution in [3.05, 3.63) is 23.9 Å². The molecule has 0 radical (unpaired) electrons. The van der Waals surface area contributed by atoms with Crippen LogP contribution in [-0.4, -0.2) is 31.1 Å². The maximum Gasteiger partial charge on any atom is 0.158 e. The van der Waals surface area contributed by atoms with Crippen molar-refractivity contribution in [2.24, 2.45) is 13.0 Å². The lowest BCUT2D eigenvalue weighted by Gasteiger charge is -2.09. The Hall–Kier alpha value is -1.69. The van der Waals surface area contributed by atoms with Gasteiger partial charge in [-0.25, -0.2) is 9.67 Å². The molecule has 2 heterocycles. The molecule has 98 valence electrons. The lowest BCUT2D eigenvalue weighted by Crippen LogP contribution is -2.20. The van der Waals surface area contributed by atoms with Gasteiger partial charge >= 0.3 is 0 Å². The molecule has 6 nitrogen and oxygen atoms in total. The standard InChI is InChI=1S/C12H20N6/c1-9(2)5-13-6-11-10(3)16-17(4)12(11)18-8-14-7-15-18/h7-9,13H,5-6H2,1-4H3. The summed E-state index contributed by atoms with van der Waals surface area (Å²) in [5.41, 5.74) is 2.20. The van der Waals surface area contributed by atoms with E-state index in [4.69, 9.17) is 0 Å². The van der Waals surface area contributed by atoms with Gasteiger partial charge in [0, 0.05) is 19.2 Å². The van der Waals surface area contributed by atoms with Crippen LogP contribution in [-0.2, 0) is 13.6 Å². The summed E-state index contributed by atoms with van der Waals surface area (Å²) in [6.07, 6.45) is 3.23. The van der Waals surface area contributed by atoms with Crippen molar-refractivity contribution in [2.75, 3.05) is 6.54 Å². The van der Waals surface area contributed by atoms with Gasteiger partial charge in [0.15, 0.2) is 5.82 Å². The summed E-state index contributed by atoms with van der Waals surface area (Å²) in [5, 5.41) is 12.1. The van der Waals surface area contributed by atoms with Gasteiger partial charge in [-0.3, -0.25) is 4.68 Å². The largest absolute Gasteiger partial charge is 0.312 e. The minimum Gasteiger partial charge on any atom is -0.312 e. The van der Waals surface area contributed by atoms with Crippen molar-refractivity contribution in [2.45, 2.75) is 27.3 Å². The van der Waals surface area contributed by atoms with Crippen LogP contribution >= 0.6 is 0 Å². The number of aryl methyl sites for hydroxylation is 2. The molecule has 0 atom stereocenters. The molecule has 18 heavy (non-hydrogen) atoms. The van der Waals surface area contributed by atoms with E-state index >= 15 is 0 Å². The molecule has 1 N–H and O–H groups in total. The molecule has 0 spiro atoms. The second-order valence-corrected chi connectivity index (χ2v) is 4.88. The van der Waals surface area contributed by atoms with E-state index in [0.29, 0.717) is 5.92 Å². The zero-order valence-corrected chi connectivity index (χ0v) is 11.4. The highest BCUT2D eigenvalue weighted by Crippen LogP contribution is 2.16. The van der Waals surface area contributed by atoms with E-state index in [-0.39, 0.29) is 0 Å². The van der Waals surface area contributed by atoms with Gasteiger partial charge in [0.05, 0.1) is 5.69 Å². The summed E-state index contributed by atoms with van der Waals surface area (Å²) >= 11 is 0. The number of aromatic nitrogens is 5. The van der Waals surface area contributed by atoms with Gasteiger partial charge in [-0.1, -0.05) is 13.8 Å². The van der Waals surface area contributed by atoms with Crippen molar-refractivity contribution in [3.63, 3.8) is 0 Å². The Balaban J connectivity index is 2.23. The predicted molar refractivity (Wildman–Crippen MR) is 69.4 cm³/mol. The molecule has 0 bridgehead atoms. The highest BCUT2D eigenvalue weighted by Gasteiger charge is 2.15. The molecule has 0 fully saturated rings. The van der Waals surface area contributed by atoms with Crippen LogP contribution in [0, 0.1) is 12.8 Å². The Bertz CT molecular complexity index is 497. The fourth-order valence-corrected chi connectivity index (χ4v) is 1.99. The minimum atomic E-state index is 0.636. The van der Waals surface area contributed by atoms with E-state index in [2.05, 4.69) is 34.3 Å². The SMILES string of the molecule is Cc1nn(C)c(-n2cncn2)c1CNCC(C)C. The minimum absolute atomic E-state index is 0.636. The Morgan fingerprint density at radius 3 is 2.78 bits per heavy atom. The van der Waals surface area contributed by atoms with Crippen molar-refractivity contribution < 1.29 is 0 Å². The van der Waals surface area contributed by atoms with Crippen molar-refractivity contribution in [3.8, 4) is 5.82 Å². The molecular weight excluding hydrogens is 228 g/mol. The molecule has 0 aliphatic rings. The van der Waals surface area contributed by atoms with Crippen LogP contribution in [0.1, 0.15) is 25.1 Å². The van der Waals surface area contributed by atoms with Crippen LogP contribution in [0.15, 0.2) is 12.7 Å². The first-order valence-corrected chi connectivity index (χ1v) is 6.17.